The number of aryl methyl sites for hydroxylation is 1. The lowest BCUT2D eigenvalue weighted by atomic mass is 10.1. The molecule has 3 rings (SSSR count). The van der Waals surface area contributed by atoms with E-state index in [0.29, 0.717) is 13.1 Å². The first kappa shape index (κ1) is 18.6. The molecule has 0 unspecified atom stereocenters. The van der Waals surface area contributed by atoms with Crippen molar-refractivity contribution >= 4 is 23.2 Å². The Morgan fingerprint density at radius 3 is 2.48 bits per heavy atom. The van der Waals surface area contributed by atoms with Crippen LogP contribution in [0.5, 0.6) is 0 Å². The third kappa shape index (κ3) is 3.69. The summed E-state index contributed by atoms with van der Waals surface area (Å²) >= 11 is 0. The number of carbonyl (C=O) groups excluding carboxylic acids is 1. The highest BCUT2D eigenvalue weighted by Gasteiger charge is 2.27. The monoisotopic (exact) mass is 370 g/mol. The van der Waals surface area contributed by atoms with Gasteiger partial charge in [-0.05, 0) is 31.0 Å². The first-order chi connectivity index (χ1) is 12.9. The molecule has 0 bridgehead atoms. The molecule has 1 saturated heterocycles. The minimum atomic E-state index is -0.642. The van der Waals surface area contributed by atoms with Crippen molar-refractivity contribution < 1.29 is 14.5 Å². The minimum absolute atomic E-state index is 0.0713. The number of methoxy groups -OCH3 is 1. The lowest BCUT2D eigenvalue weighted by molar-refractivity contribution is -0.384. The van der Waals surface area contributed by atoms with Gasteiger partial charge in [-0.2, -0.15) is 0 Å². The lowest BCUT2D eigenvalue weighted by Crippen LogP contribution is -2.47. The highest BCUT2D eigenvalue weighted by Crippen LogP contribution is 2.29. The van der Waals surface area contributed by atoms with Crippen molar-refractivity contribution in [3.05, 3.63) is 57.3 Å². The zero-order valence-corrected chi connectivity index (χ0v) is 15.6. The van der Waals surface area contributed by atoms with E-state index in [-0.39, 0.29) is 17.1 Å². The number of anilines is 2. The SMILES string of the molecule is COC(=O)c1cnc(N2CCN(c3cccc(C)c3C)CC2)c([N+](=O)[O-])c1. The number of pyridine rings is 1. The van der Waals surface area contributed by atoms with Gasteiger partial charge in [-0.1, -0.05) is 12.1 Å². The number of benzene rings is 1. The number of hydrogen-bond donors (Lipinski definition) is 0. The van der Waals surface area contributed by atoms with E-state index in [2.05, 4.69) is 40.6 Å². The van der Waals surface area contributed by atoms with Gasteiger partial charge in [0.1, 0.15) is 0 Å². The predicted octanol–water partition coefficient (Wildman–Crippen LogP) is 2.72. The Hall–Kier alpha value is -3.16. The Morgan fingerprint density at radius 1 is 1.19 bits per heavy atom. The Bertz CT molecular complexity index is 876. The van der Waals surface area contributed by atoms with Crippen LogP contribution in [-0.4, -0.2) is 49.2 Å². The van der Waals surface area contributed by atoms with E-state index in [4.69, 9.17) is 0 Å². The number of aromatic nitrogens is 1. The van der Waals surface area contributed by atoms with E-state index in [1.807, 2.05) is 11.0 Å². The molecule has 1 aliphatic heterocycles. The first-order valence-corrected chi connectivity index (χ1v) is 8.71. The van der Waals surface area contributed by atoms with E-state index in [0.717, 1.165) is 13.1 Å². The second-order valence-corrected chi connectivity index (χ2v) is 6.51. The van der Waals surface area contributed by atoms with Crippen molar-refractivity contribution in [2.75, 3.05) is 43.1 Å². The molecule has 2 aromatic rings. The summed E-state index contributed by atoms with van der Waals surface area (Å²) in [4.78, 5) is 31.0. The van der Waals surface area contributed by atoms with Gasteiger partial charge in [0.2, 0.25) is 5.82 Å². The average Bonchev–Trinajstić information content (AvgIpc) is 2.69. The molecular formula is C19H22N4O4. The molecule has 1 aromatic carbocycles. The molecular weight excluding hydrogens is 348 g/mol. The van der Waals surface area contributed by atoms with Gasteiger partial charge in [-0.15, -0.1) is 0 Å². The number of piperazine rings is 1. The average molecular weight is 370 g/mol. The molecule has 0 aliphatic carbocycles. The second-order valence-electron chi connectivity index (χ2n) is 6.51. The summed E-state index contributed by atoms with van der Waals surface area (Å²) in [7, 11) is 1.23. The van der Waals surface area contributed by atoms with Crippen LogP contribution in [-0.2, 0) is 4.74 Å². The van der Waals surface area contributed by atoms with Gasteiger partial charge in [0.25, 0.3) is 0 Å². The lowest BCUT2D eigenvalue weighted by Gasteiger charge is -2.37. The standard InChI is InChI=1S/C19H22N4O4/c1-13-5-4-6-16(14(13)2)21-7-9-22(10-8-21)18-17(23(25)26)11-15(12-20-18)19(24)27-3/h4-6,11-12H,7-10H2,1-3H3. The zero-order chi connectivity index (χ0) is 19.6. The Balaban J connectivity index is 1.80. The van der Waals surface area contributed by atoms with Crippen LogP contribution >= 0.6 is 0 Å². The molecule has 1 aromatic heterocycles. The van der Waals surface area contributed by atoms with Crippen molar-refractivity contribution in [2.45, 2.75) is 13.8 Å². The first-order valence-electron chi connectivity index (χ1n) is 8.71. The smallest absolute Gasteiger partial charge is 0.339 e. The number of nitrogens with zero attached hydrogens (tertiary/aromatic N) is 4. The van der Waals surface area contributed by atoms with Crippen LogP contribution in [0.25, 0.3) is 0 Å². The van der Waals surface area contributed by atoms with Crippen LogP contribution < -0.4 is 9.80 Å². The Morgan fingerprint density at radius 2 is 1.85 bits per heavy atom. The highest BCUT2D eigenvalue weighted by molar-refractivity contribution is 5.90. The topological polar surface area (TPSA) is 88.8 Å². The summed E-state index contributed by atoms with van der Waals surface area (Å²) in [5, 5.41) is 11.5. The molecule has 8 heteroatoms. The Kier molecular flexibility index (Phi) is 5.25. The second kappa shape index (κ2) is 7.61. The van der Waals surface area contributed by atoms with Crippen molar-refractivity contribution in [1.82, 2.24) is 4.98 Å². The quantitative estimate of drug-likeness (QED) is 0.464. The maximum atomic E-state index is 11.6. The van der Waals surface area contributed by atoms with Gasteiger partial charge in [-0.3, -0.25) is 10.1 Å². The largest absolute Gasteiger partial charge is 0.465 e. The number of nitro groups is 1. The van der Waals surface area contributed by atoms with E-state index in [1.54, 1.807) is 0 Å². The van der Waals surface area contributed by atoms with E-state index in [1.165, 1.54) is 36.2 Å². The predicted molar refractivity (Wildman–Crippen MR) is 103 cm³/mol. The third-order valence-electron chi connectivity index (χ3n) is 4.96. The summed E-state index contributed by atoms with van der Waals surface area (Å²) < 4.78 is 4.62. The van der Waals surface area contributed by atoms with E-state index >= 15 is 0 Å². The molecule has 8 nitrogen and oxygen atoms in total. The van der Waals surface area contributed by atoms with E-state index in [9.17, 15) is 14.9 Å². The zero-order valence-electron chi connectivity index (χ0n) is 15.6. The van der Waals surface area contributed by atoms with Crippen LogP contribution in [0.3, 0.4) is 0 Å². The number of ether oxygens (including phenoxy) is 1. The van der Waals surface area contributed by atoms with Crippen LogP contribution in [0.15, 0.2) is 30.5 Å². The maximum Gasteiger partial charge on any atom is 0.339 e. The molecule has 0 saturated carbocycles. The third-order valence-corrected chi connectivity index (χ3v) is 4.96. The molecule has 1 aliphatic rings. The van der Waals surface area contributed by atoms with Crippen molar-refractivity contribution in [3.63, 3.8) is 0 Å². The van der Waals surface area contributed by atoms with Gasteiger partial charge in [0, 0.05) is 44.1 Å². The van der Waals surface area contributed by atoms with Gasteiger partial charge in [-0.25, -0.2) is 9.78 Å². The van der Waals surface area contributed by atoms with E-state index < -0.39 is 10.9 Å². The molecule has 0 N–H and O–H groups in total. The minimum Gasteiger partial charge on any atom is -0.465 e. The summed E-state index contributed by atoms with van der Waals surface area (Å²) in [6.07, 6.45) is 1.32. The summed E-state index contributed by atoms with van der Waals surface area (Å²) in [5.74, 6) is -0.356. The Labute approximate surface area is 157 Å². The summed E-state index contributed by atoms with van der Waals surface area (Å²) in [6.45, 7) is 6.89. The highest BCUT2D eigenvalue weighted by atomic mass is 16.6. The molecule has 0 atom stereocenters. The van der Waals surface area contributed by atoms with Gasteiger partial charge in [0.15, 0.2) is 0 Å². The number of rotatable bonds is 4. The molecule has 0 spiro atoms. The van der Waals surface area contributed by atoms with Crippen molar-refractivity contribution in [1.29, 1.82) is 0 Å². The fourth-order valence-electron chi connectivity index (χ4n) is 3.29. The molecule has 0 radical (unpaired) electrons. The fraction of sp³-hybridized carbons (Fsp3) is 0.368. The fourth-order valence-corrected chi connectivity index (χ4v) is 3.29. The van der Waals surface area contributed by atoms with Crippen LogP contribution in [0.4, 0.5) is 17.2 Å². The van der Waals surface area contributed by atoms with Crippen LogP contribution in [0, 0.1) is 24.0 Å². The van der Waals surface area contributed by atoms with Crippen LogP contribution in [0.2, 0.25) is 0 Å². The van der Waals surface area contributed by atoms with Crippen molar-refractivity contribution in [3.8, 4) is 0 Å². The molecule has 142 valence electrons. The normalized spacial score (nSPS) is 14.2. The molecule has 0 amide bonds. The maximum absolute atomic E-state index is 11.6. The number of esters is 1. The number of hydrogen-bond acceptors (Lipinski definition) is 7. The molecule has 1 fully saturated rings. The van der Waals surface area contributed by atoms with Gasteiger partial charge in [0.05, 0.1) is 17.6 Å². The van der Waals surface area contributed by atoms with Crippen molar-refractivity contribution in [2.24, 2.45) is 0 Å². The molecule has 27 heavy (non-hydrogen) atoms. The molecule has 2 heterocycles. The summed E-state index contributed by atoms with van der Waals surface area (Å²) in [5.41, 5.74) is 3.57. The van der Waals surface area contributed by atoms with Gasteiger partial charge >= 0.3 is 11.7 Å². The number of carbonyl (C=O) groups is 1. The summed E-state index contributed by atoms with van der Waals surface area (Å²) in [6, 6.07) is 7.46. The van der Waals surface area contributed by atoms with Gasteiger partial charge < -0.3 is 14.5 Å². The van der Waals surface area contributed by atoms with Crippen LogP contribution in [0.1, 0.15) is 21.5 Å².